The van der Waals surface area contributed by atoms with Crippen LogP contribution in [0.15, 0.2) is 24.4 Å². The normalized spacial score (nSPS) is 32.6. The zero-order valence-corrected chi connectivity index (χ0v) is 11.0. The Morgan fingerprint density at radius 1 is 1.40 bits per heavy atom. The first-order chi connectivity index (χ1) is 9.72. The number of aromatic amines is 1. The summed E-state index contributed by atoms with van der Waals surface area (Å²) in [5.74, 6) is -0.329. The first-order valence-corrected chi connectivity index (χ1v) is 6.88. The van der Waals surface area contributed by atoms with Crippen molar-refractivity contribution >= 4 is 16.8 Å². The molecule has 0 bridgehead atoms. The number of carbonyl (C=O) groups is 1. The highest BCUT2D eigenvalue weighted by atomic mass is 16.1. The minimum absolute atomic E-state index is 0.106. The molecule has 4 rings (SSSR count). The number of hydrogen-bond donors (Lipinski definition) is 4. The molecule has 2 aliphatic rings. The zero-order chi connectivity index (χ0) is 13.7. The first kappa shape index (κ1) is 11.9. The fourth-order valence-electron chi connectivity index (χ4n) is 3.77. The van der Waals surface area contributed by atoms with Crippen LogP contribution in [0.2, 0.25) is 0 Å². The molecule has 1 aromatic heterocycles. The number of carbonyl (C=O) groups excluding carboxylic acids is 1. The van der Waals surface area contributed by atoms with E-state index in [1.165, 1.54) is 5.56 Å². The minimum atomic E-state index is -0.210. The van der Waals surface area contributed by atoms with Gasteiger partial charge >= 0.3 is 0 Å². The molecule has 6 heteroatoms. The number of hydrogen-bond acceptors (Lipinski definition) is 4. The number of H-pyrrole nitrogens is 1. The number of nitrogens with one attached hydrogen (secondary N) is 3. The second-order valence-electron chi connectivity index (χ2n) is 5.81. The van der Waals surface area contributed by atoms with E-state index in [1.54, 1.807) is 0 Å². The molecule has 2 aliphatic heterocycles. The van der Waals surface area contributed by atoms with E-state index in [2.05, 4.69) is 26.9 Å². The SMILES string of the molecule is NC(=O)C1CNCC12CNC2c1cccc2cn[nH]c12. The van der Waals surface area contributed by atoms with Gasteiger partial charge in [0.1, 0.15) is 0 Å². The molecule has 0 aliphatic carbocycles. The summed E-state index contributed by atoms with van der Waals surface area (Å²) >= 11 is 0. The molecule has 3 heterocycles. The maximum Gasteiger partial charge on any atom is 0.222 e. The molecule has 104 valence electrons. The lowest BCUT2D eigenvalue weighted by molar-refractivity contribution is -0.127. The Morgan fingerprint density at radius 3 is 3.05 bits per heavy atom. The summed E-state index contributed by atoms with van der Waals surface area (Å²) in [5.41, 5.74) is 7.69. The lowest BCUT2D eigenvalue weighted by Crippen LogP contribution is -2.62. The highest BCUT2D eigenvalue weighted by molar-refractivity contribution is 5.83. The van der Waals surface area contributed by atoms with Crippen molar-refractivity contribution in [3.05, 3.63) is 30.0 Å². The number of nitrogens with two attached hydrogens (primary N) is 1. The van der Waals surface area contributed by atoms with Crippen LogP contribution in [0.4, 0.5) is 0 Å². The molecule has 3 atom stereocenters. The molecule has 1 amide bonds. The highest BCUT2D eigenvalue weighted by Crippen LogP contribution is 2.49. The van der Waals surface area contributed by atoms with Gasteiger partial charge in [0.15, 0.2) is 0 Å². The standard InChI is InChI=1S/C14H17N5O/c15-13(20)10-5-16-6-14(10)7-17-12(14)9-3-1-2-8-4-18-19-11(8)9/h1-4,10,12,16-17H,5-7H2,(H2,15,20)(H,18,19). The monoisotopic (exact) mass is 271 g/mol. The number of primary amides is 1. The van der Waals surface area contributed by atoms with Gasteiger partial charge in [-0.1, -0.05) is 18.2 Å². The average Bonchev–Trinajstić information content (AvgIpc) is 3.05. The Labute approximate surface area is 116 Å². The summed E-state index contributed by atoms with van der Waals surface area (Å²) in [7, 11) is 0. The van der Waals surface area contributed by atoms with Gasteiger partial charge in [-0.05, 0) is 5.56 Å². The van der Waals surface area contributed by atoms with E-state index in [0.717, 1.165) is 24.0 Å². The van der Waals surface area contributed by atoms with Gasteiger partial charge in [-0.15, -0.1) is 0 Å². The van der Waals surface area contributed by atoms with Crippen LogP contribution in [-0.4, -0.2) is 35.7 Å². The van der Waals surface area contributed by atoms with Crippen LogP contribution in [0.25, 0.3) is 10.9 Å². The summed E-state index contributed by atoms with van der Waals surface area (Å²) in [6.45, 7) is 2.32. The number of rotatable bonds is 2. The molecular weight excluding hydrogens is 254 g/mol. The zero-order valence-electron chi connectivity index (χ0n) is 11.0. The fraction of sp³-hybridized carbons (Fsp3) is 0.429. The molecule has 3 unspecified atom stereocenters. The maximum absolute atomic E-state index is 11.7. The fourth-order valence-corrected chi connectivity index (χ4v) is 3.77. The molecule has 0 saturated carbocycles. The summed E-state index contributed by atoms with van der Waals surface area (Å²) < 4.78 is 0. The number of para-hydroxylation sites is 1. The van der Waals surface area contributed by atoms with Crippen LogP contribution in [0.3, 0.4) is 0 Å². The van der Waals surface area contributed by atoms with E-state index in [1.807, 2.05) is 18.3 Å². The quantitative estimate of drug-likeness (QED) is 0.613. The third-order valence-corrected chi connectivity index (χ3v) is 4.87. The van der Waals surface area contributed by atoms with Gasteiger partial charge < -0.3 is 16.4 Å². The number of benzene rings is 1. The van der Waals surface area contributed by atoms with Gasteiger partial charge in [0.25, 0.3) is 0 Å². The summed E-state index contributed by atoms with van der Waals surface area (Å²) in [6.07, 6.45) is 1.82. The number of aromatic nitrogens is 2. The van der Waals surface area contributed by atoms with E-state index < -0.39 is 0 Å². The van der Waals surface area contributed by atoms with Gasteiger partial charge in [0, 0.05) is 36.5 Å². The van der Waals surface area contributed by atoms with Crippen molar-refractivity contribution in [2.24, 2.45) is 17.1 Å². The van der Waals surface area contributed by atoms with Gasteiger partial charge in [0.2, 0.25) is 5.91 Å². The Balaban J connectivity index is 1.79. The molecule has 20 heavy (non-hydrogen) atoms. The third-order valence-electron chi connectivity index (χ3n) is 4.87. The Bertz CT molecular complexity index is 681. The van der Waals surface area contributed by atoms with Crippen LogP contribution >= 0.6 is 0 Å². The Kier molecular flexibility index (Phi) is 2.40. The summed E-state index contributed by atoms with van der Waals surface area (Å²) in [6, 6.07) is 6.29. The molecule has 5 N–H and O–H groups in total. The van der Waals surface area contributed by atoms with Crippen LogP contribution in [0.5, 0.6) is 0 Å². The second-order valence-corrected chi connectivity index (χ2v) is 5.81. The van der Waals surface area contributed by atoms with Crippen molar-refractivity contribution in [2.75, 3.05) is 19.6 Å². The van der Waals surface area contributed by atoms with Crippen LogP contribution in [0, 0.1) is 11.3 Å². The predicted molar refractivity (Wildman–Crippen MR) is 74.8 cm³/mol. The van der Waals surface area contributed by atoms with Crippen molar-refractivity contribution in [3.8, 4) is 0 Å². The van der Waals surface area contributed by atoms with Crippen molar-refractivity contribution in [1.82, 2.24) is 20.8 Å². The number of fused-ring (bicyclic) bond motifs is 1. The lowest BCUT2D eigenvalue weighted by Gasteiger charge is -2.50. The van der Waals surface area contributed by atoms with Crippen molar-refractivity contribution < 1.29 is 4.79 Å². The predicted octanol–water partition coefficient (Wildman–Crippen LogP) is -0.102. The molecule has 6 nitrogen and oxygen atoms in total. The molecule has 0 radical (unpaired) electrons. The summed E-state index contributed by atoms with van der Waals surface area (Å²) in [4.78, 5) is 11.7. The third kappa shape index (κ3) is 1.40. The van der Waals surface area contributed by atoms with Gasteiger partial charge in [-0.25, -0.2) is 0 Å². The second kappa shape index (κ2) is 4.04. The molecule has 2 aromatic rings. The van der Waals surface area contributed by atoms with E-state index in [-0.39, 0.29) is 23.3 Å². The molecule has 2 saturated heterocycles. The summed E-state index contributed by atoms with van der Waals surface area (Å²) in [5, 5.41) is 15.1. The topological polar surface area (TPSA) is 95.8 Å². The van der Waals surface area contributed by atoms with Crippen LogP contribution < -0.4 is 16.4 Å². The van der Waals surface area contributed by atoms with Gasteiger partial charge in [-0.3, -0.25) is 9.89 Å². The molecule has 1 aromatic carbocycles. The Morgan fingerprint density at radius 2 is 2.30 bits per heavy atom. The van der Waals surface area contributed by atoms with E-state index in [4.69, 9.17) is 5.73 Å². The first-order valence-electron chi connectivity index (χ1n) is 6.88. The average molecular weight is 271 g/mol. The Hall–Kier alpha value is -1.92. The van der Waals surface area contributed by atoms with Gasteiger partial charge in [-0.2, -0.15) is 5.10 Å². The smallest absolute Gasteiger partial charge is 0.222 e. The van der Waals surface area contributed by atoms with Crippen LogP contribution in [0.1, 0.15) is 11.6 Å². The minimum Gasteiger partial charge on any atom is -0.369 e. The van der Waals surface area contributed by atoms with Crippen molar-refractivity contribution in [2.45, 2.75) is 6.04 Å². The number of nitrogens with zero attached hydrogens (tertiary/aromatic N) is 1. The maximum atomic E-state index is 11.7. The van der Waals surface area contributed by atoms with Crippen molar-refractivity contribution in [3.63, 3.8) is 0 Å². The van der Waals surface area contributed by atoms with E-state index >= 15 is 0 Å². The van der Waals surface area contributed by atoms with Crippen LogP contribution in [-0.2, 0) is 4.79 Å². The molecule has 2 fully saturated rings. The largest absolute Gasteiger partial charge is 0.369 e. The van der Waals surface area contributed by atoms with E-state index in [9.17, 15) is 4.79 Å². The lowest BCUT2D eigenvalue weighted by atomic mass is 9.64. The number of amides is 1. The highest BCUT2D eigenvalue weighted by Gasteiger charge is 2.57. The van der Waals surface area contributed by atoms with Gasteiger partial charge in [0.05, 0.1) is 17.6 Å². The van der Waals surface area contributed by atoms with E-state index in [0.29, 0.717) is 6.54 Å². The molecular formula is C14H17N5O. The molecule has 1 spiro atoms. The van der Waals surface area contributed by atoms with Crippen molar-refractivity contribution in [1.29, 1.82) is 0 Å².